The number of unbranched alkanes of at least 4 members (excludes halogenated alkanes) is 1. The Morgan fingerprint density at radius 3 is 2.35 bits per heavy atom. The fourth-order valence-electron chi connectivity index (χ4n) is 4.57. The number of carbonyl (C=O) groups is 1. The standard InChI is InChI=1S/C24H33BN2O4/c26-24(23(28)29,14-4-5-15-25(30)31)21-12-13-22(16-21)27-17-18-8-10-20(11-9-18)19-6-2-1-3-7-19/h1-3,6-11,21-22,27,30-31H,4-5,12-17,26H2,(H,28,29)/t21-,22+,24?/m1/s1. The number of carboxylic acid groups (broad SMARTS) is 1. The lowest BCUT2D eigenvalue weighted by atomic mass is 9.77. The maximum atomic E-state index is 11.9. The number of hydrogen-bond donors (Lipinski definition) is 5. The first-order chi connectivity index (χ1) is 14.9. The van der Waals surface area contributed by atoms with Crippen molar-refractivity contribution in [3.05, 3.63) is 60.2 Å². The monoisotopic (exact) mass is 424 g/mol. The molecule has 0 radical (unpaired) electrons. The normalized spacial score (nSPS) is 20.4. The molecule has 166 valence electrons. The van der Waals surface area contributed by atoms with Crippen molar-refractivity contribution in [2.75, 3.05) is 0 Å². The molecule has 2 aromatic rings. The van der Waals surface area contributed by atoms with Gasteiger partial charge < -0.3 is 26.2 Å². The van der Waals surface area contributed by atoms with Crippen molar-refractivity contribution in [3.8, 4) is 11.1 Å². The molecule has 0 spiro atoms. The van der Waals surface area contributed by atoms with Gasteiger partial charge in [-0.05, 0) is 54.6 Å². The Labute approximate surface area is 184 Å². The summed E-state index contributed by atoms with van der Waals surface area (Å²) in [5, 5.41) is 31.3. The van der Waals surface area contributed by atoms with E-state index in [4.69, 9.17) is 15.8 Å². The summed E-state index contributed by atoms with van der Waals surface area (Å²) < 4.78 is 0. The fraction of sp³-hybridized carbons (Fsp3) is 0.458. The third kappa shape index (κ3) is 6.40. The summed E-state index contributed by atoms with van der Waals surface area (Å²) in [6.45, 7) is 0.742. The number of hydrogen-bond acceptors (Lipinski definition) is 5. The fourth-order valence-corrected chi connectivity index (χ4v) is 4.57. The molecule has 0 saturated heterocycles. The van der Waals surface area contributed by atoms with Crippen molar-refractivity contribution in [1.82, 2.24) is 5.32 Å². The Kier molecular flexibility index (Phi) is 8.26. The highest BCUT2D eigenvalue weighted by atomic mass is 16.4. The second-order valence-electron chi connectivity index (χ2n) is 8.72. The van der Waals surface area contributed by atoms with Crippen LogP contribution < -0.4 is 11.1 Å². The molecule has 3 rings (SSSR count). The van der Waals surface area contributed by atoms with Crippen LogP contribution in [0.2, 0.25) is 6.32 Å². The van der Waals surface area contributed by atoms with E-state index < -0.39 is 18.6 Å². The largest absolute Gasteiger partial charge is 0.480 e. The van der Waals surface area contributed by atoms with Crippen LogP contribution >= 0.6 is 0 Å². The molecule has 1 unspecified atom stereocenters. The molecule has 0 bridgehead atoms. The molecule has 31 heavy (non-hydrogen) atoms. The third-order valence-electron chi connectivity index (χ3n) is 6.52. The molecule has 6 nitrogen and oxygen atoms in total. The molecule has 0 aromatic heterocycles. The minimum Gasteiger partial charge on any atom is -0.480 e. The van der Waals surface area contributed by atoms with Gasteiger partial charge in [-0.2, -0.15) is 0 Å². The molecule has 1 aliphatic carbocycles. The van der Waals surface area contributed by atoms with E-state index >= 15 is 0 Å². The van der Waals surface area contributed by atoms with E-state index in [-0.39, 0.29) is 18.3 Å². The van der Waals surface area contributed by atoms with E-state index in [1.54, 1.807) is 0 Å². The van der Waals surface area contributed by atoms with Gasteiger partial charge in [0.05, 0.1) is 0 Å². The van der Waals surface area contributed by atoms with Crippen LogP contribution in [0.4, 0.5) is 0 Å². The quantitative estimate of drug-likeness (QED) is 0.280. The van der Waals surface area contributed by atoms with Gasteiger partial charge >= 0.3 is 13.1 Å². The Morgan fingerprint density at radius 2 is 1.71 bits per heavy atom. The number of nitrogens with two attached hydrogens (primary N) is 1. The second kappa shape index (κ2) is 10.9. The summed E-state index contributed by atoms with van der Waals surface area (Å²) in [7, 11) is -1.35. The van der Waals surface area contributed by atoms with Crippen LogP contribution in [0.15, 0.2) is 54.6 Å². The molecule has 0 heterocycles. The molecular formula is C24H33BN2O4. The second-order valence-corrected chi connectivity index (χ2v) is 8.72. The van der Waals surface area contributed by atoms with Crippen LogP contribution in [0.3, 0.4) is 0 Å². The van der Waals surface area contributed by atoms with Crippen LogP contribution in [0.25, 0.3) is 11.1 Å². The molecule has 7 heteroatoms. The van der Waals surface area contributed by atoms with Crippen LogP contribution in [-0.2, 0) is 11.3 Å². The van der Waals surface area contributed by atoms with Crippen LogP contribution in [0, 0.1) is 5.92 Å². The molecule has 2 aromatic carbocycles. The van der Waals surface area contributed by atoms with Gasteiger partial charge in [-0.3, -0.25) is 4.79 Å². The van der Waals surface area contributed by atoms with Gasteiger partial charge in [0.2, 0.25) is 0 Å². The summed E-state index contributed by atoms with van der Waals surface area (Å²) >= 11 is 0. The van der Waals surface area contributed by atoms with E-state index in [0.717, 1.165) is 25.8 Å². The Bertz CT molecular complexity index is 831. The van der Waals surface area contributed by atoms with Gasteiger partial charge in [0, 0.05) is 12.6 Å². The Hall–Kier alpha value is -2.19. The summed E-state index contributed by atoms with van der Waals surface area (Å²) in [5.74, 6) is -1.04. The topological polar surface area (TPSA) is 116 Å². The predicted octanol–water partition coefficient (Wildman–Crippen LogP) is 3.04. The third-order valence-corrected chi connectivity index (χ3v) is 6.52. The van der Waals surface area contributed by atoms with Crippen LogP contribution in [0.5, 0.6) is 0 Å². The molecule has 1 saturated carbocycles. The lowest BCUT2D eigenvalue weighted by molar-refractivity contribution is -0.146. The van der Waals surface area contributed by atoms with Crippen molar-refractivity contribution in [3.63, 3.8) is 0 Å². The van der Waals surface area contributed by atoms with Crippen molar-refractivity contribution in [1.29, 1.82) is 0 Å². The molecular weight excluding hydrogens is 391 g/mol. The number of carboxylic acids is 1. The molecule has 1 aliphatic rings. The Morgan fingerprint density at radius 1 is 1.03 bits per heavy atom. The lowest BCUT2D eigenvalue weighted by Gasteiger charge is -2.31. The van der Waals surface area contributed by atoms with Gasteiger partial charge in [-0.25, -0.2) is 0 Å². The summed E-state index contributed by atoms with van der Waals surface area (Å²) in [6, 6.07) is 19.0. The zero-order chi connectivity index (χ0) is 22.3. The zero-order valence-corrected chi connectivity index (χ0v) is 17.9. The summed E-state index contributed by atoms with van der Waals surface area (Å²) in [5.41, 5.74) is 8.68. The zero-order valence-electron chi connectivity index (χ0n) is 17.9. The van der Waals surface area contributed by atoms with E-state index in [0.29, 0.717) is 19.3 Å². The number of aliphatic carboxylic acids is 1. The smallest absolute Gasteiger partial charge is 0.451 e. The van der Waals surface area contributed by atoms with Gasteiger partial charge in [-0.15, -0.1) is 0 Å². The van der Waals surface area contributed by atoms with E-state index in [9.17, 15) is 9.90 Å². The van der Waals surface area contributed by atoms with Crippen LogP contribution in [0.1, 0.15) is 44.1 Å². The lowest BCUT2D eigenvalue weighted by Crippen LogP contribution is -2.53. The highest BCUT2D eigenvalue weighted by Crippen LogP contribution is 2.36. The van der Waals surface area contributed by atoms with Gasteiger partial charge in [0.25, 0.3) is 0 Å². The average molecular weight is 424 g/mol. The molecule has 6 N–H and O–H groups in total. The van der Waals surface area contributed by atoms with Gasteiger partial charge in [0.1, 0.15) is 5.54 Å². The highest BCUT2D eigenvalue weighted by Gasteiger charge is 2.45. The first-order valence-electron chi connectivity index (χ1n) is 11.1. The summed E-state index contributed by atoms with van der Waals surface area (Å²) in [4.78, 5) is 11.9. The van der Waals surface area contributed by atoms with E-state index in [1.165, 1.54) is 16.7 Å². The average Bonchev–Trinajstić information content (AvgIpc) is 3.25. The number of benzene rings is 2. The Balaban J connectivity index is 1.50. The number of nitrogens with one attached hydrogen (secondary N) is 1. The minimum absolute atomic E-state index is 0.0815. The van der Waals surface area contributed by atoms with Crippen molar-refractivity contribution in [2.24, 2.45) is 11.7 Å². The van der Waals surface area contributed by atoms with Gasteiger partial charge in [-0.1, -0.05) is 67.4 Å². The predicted molar refractivity (Wildman–Crippen MR) is 123 cm³/mol. The van der Waals surface area contributed by atoms with Crippen molar-refractivity contribution < 1.29 is 19.9 Å². The molecule has 0 aliphatic heterocycles. The van der Waals surface area contributed by atoms with Crippen molar-refractivity contribution in [2.45, 2.75) is 63.0 Å². The molecule has 0 amide bonds. The van der Waals surface area contributed by atoms with E-state index in [2.05, 4.69) is 41.7 Å². The van der Waals surface area contributed by atoms with E-state index in [1.807, 2.05) is 18.2 Å². The maximum absolute atomic E-state index is 11.9. The number of rotatable bonds is 11. The SMILES string of the molecule is NC(CCCCB(O)O)(C(=O)O)[C@@H]1CC[C@H](NCc2ccc(-c3ccccc3)cc2)C1. The first-order valence-corrected chi connectivity index (χ1v) is 11.1. The minimum atomic E-state index is -1.35. The summed E-state index contributed by atoms with van der Waals surface area (Å²) in [6.07, 6.45) is 4.17. The highest BCUT2D eigenvalue weighted by molar-refractivity contribution is 6.40. The van der Waals surface area contributed by atoms with Crippen molar-refractivity contribution >= 4 is 13.1 Å². The first kappa shape index (κ1) is 23.5. The molecule has 1 fully saturated rings. The van der Waals surface area contributed by atoms with Crippen LogP contribution in [-0.4, -0.2) is 39.8 Å². The molecule has 3 atom stereocenters. The van der Waals surface area contributed by atoms with Gasteiger partial charge in [0.15, 0.2) is 0 Å². The maximum Gasteiger partial charge on any atom is 0.451 e.